The van der Waals surface area contributed by atoms with Crippen molar-refractivity contribution in [2.24, 2.45) is 0 Å². The third-order valence-electron chi connectivity index (χ3n) is 3.64. The Kier molecular flexibility index (Phi) is 5.66. The fourth-order valence-electron chi connectivity index (χ4n) is 2.26. The lowest BCUT2D eigenvalue weighted by molar-refractivity contribution is 0.385. The fraction of sp³-hybridized carbons (Fsp3) is 0.0588. The number of hydrogen-bond donors (Lipinski definition) is 2. The predicted molar refractivity (Wildman–Crippen MR) is 103 cm³/mol. The van der Waals surface area contributed by atoms with Crippen LogP contribution in [0.25, 0.3) is 0 Å². The first kappa shape index (κ1) is 20.5. The minimum absolute atomic E-state index is 0.0894. The third kappa shape index (κ3) is 4.78. The Labute approximate surface area is 166 Å². The largest absolute Gasteiger partial charge is 0.494 e. The van der Waals surface area contributed by atoms with Crippen LogP contribution >= 0.6 is 0 Å². The smallest absolute Gasteiger partial charge is 0.264 e. The number of sulfonamides is 2. The summed E-state index contributed by atoms with van der Waals surface area (Å²) in [6, 6.07) is 9.67. The SMILES string of the molecule is COc1ccc(S(=O)(=O)Nc2ccc(S(=O)(=O)Nc3ncccn3)cc2)cc1F. The Morgan fingerprint density at radius 3 is 2.03 bits per heavy atom. The van der Waals surface area contributed by atoms with Crippen molar-refractivity contribution in [1.29, 1.82) is 0 Å². The van der Waals surface area contributed by atoms with Crippen LogP contribution in [-0.2, 0) is 20.0 Å². The summed E-state index contributed by atoms with van der Waals surface area (Å²) in [7, 11) is -6.78. The molecule has 0 aliphatic carbocycles. The average Bonchev–Trinajstić information content (AvgIpc) is 2.68. The van der Waals surface area contributed by atoms with Crippen molar-refractivity contribution in [3.05, 3.63) is 66.7 Å². The molecule has 0 fully saturated rings. The number of aromatic nitrogens is 2. The van der Waals surface area contributed by atoms with Gasteiger partial charge in [0, 0.05) is 18.1 Å². The van der Waals surface area contributed by atoms with Crippen LogP contribution in [0.4, 0.5) is 16.0 Å². The molecule has 2 N–H and O–H groups in total. The molecule has 2 aromatic carbocycles. The summed E-state index contributed by atoms with van der Waals surface area (Å²) in [5.74, 6) is -1.02. The maximum Gasteiger partial charge on any atom is 0.264 e. The van der Waals surface area contributed by atoms with Gasteiger partial charge in [-0.3, -0.25) is 4.72 Å². The van der Waals surface area contributed by atoms with E-state index in [9.17, 15) is 21.2 Å². The van der Waals surface area contributed by atoms with Gasteiger partial charge in [-0.15, -0.1) is 0 Å². The highest BCUT2D eigenvalue weighted by Gasteiger charge is 2.19. The lowest BCUT2D eigenvalue weighted by Gasteiger charge is -2.10. The van der Waals surface area contributed by atoms with Crippen LogP contribution in [0.2, 0.25) is 0 Å². The molecule has 0 saturated heterocycles. The van der Waals surface area contributed by atoms with E-state index in [1.165, 1.54) is 62.0 Å². The molecule has 0 aliphatic heterocycles. The highest BCUT2D eigenvalue weighted by atomic mass is 32.2. The first-order chi connectivity index (χ1) is 13.7. The number of benzene rings is 2. The van der Waals surface area contributed by atoms with E-state index in [2.05, 4.69) is 19.4 Å². The first-order valence-corrected chi connectivity index (χ1v) is 10.9. The zero-order valence-electron chi connectivity index (χ0n) is 14.9. The van der Waals surface area contributed by atoms with Crippen molar-refractivity contribution >= 4 is 31.7 Å². The Bertz CT molecular complexity index is 1220. The summed E-state index contributed by atoms with van der Waals surface area (Å²) in [5.41, 5.74) is 0.0936. The summed E-state index contributed by atoms with van der Waals surface area (Å²) in [5, 5.41) is 0. The topological polar surface area (TPSA) is 127 Å². The minimum Gasteiger partial charge on any atom is -0.494 e. The summed E-state index contributed by atoms with van der Waals surface area (Å²) >= 11 is 0. The molecule has 1 heterocycles. The highest BCUT2D eigenvalue weighted by Crippen LogP contribution is 2.23. The molecule has 3 aromatic rings. The Hall–Kier alpha value is -3.25. The highest BCUT2D eigenvalue weighted by molar-refractivity contribution is 7.93. The van der Waals surface area contributed by atoms with Crippen LogP contribution in [0, 0.1) is 5.82 Å². The Balaban J connectivity index is 1.79. The molecule has 0 bridgehead atoms. The van der Waals surface area contributed by atoms with Gasteiger partial charge in [0.25, 0.3) is 20.0 Å². The van der Waals surface area contributed by atoms with Crippen LogP contribution in [0.3, 0.4) is 0 Å². The Morgan fingerprint density at radius 2 is 1.45 bits per heavy atom. The number of nitrogens with one attached hydrogen (secondary N) is 2. The molecule has 0 unspecified atom stereocenters. The van der Waals surface area contributed by atoms with Gasteiger partial charge >= 0.3 is 0 Å². The molecule has 0 amide bonds. The maximum absolute atomic E-state index is 13.8. The summed E-state index contributed by atoms with van der Waals surface area (Å²) in [6.45, 7) is 0. The normalized spacial score (nSPS) is 11.7. The molecule has 0 spiro atoms. The van der Waals surface area contributed by atoms with E-state index in [1.807, 2.05) is 0 Å². The van der Waals surface area contributed by atoms with Gasteiger partial charge in [0.2, 0.25) is 5.95 Å². The second kappa shape index (κ2) is 8.01. The standard InChI is InChI=1S/C17H15FN4O5S2/c1-27-16-8-7-14(11-15(16)18)29(25,26)21-12-3-5-13(6-4-12)28(23,24)22-17-19-9-2-10-20-17/h2-11,21H,1H3,(H,19,20,22). The van der Waals surface area contributed by atoms with Crippen molar-refractivity contribution in [1.82, 2.24) is 9.97 Å². The molecule has 12 heteroatoms. The van der Waals surface area contributed by atoms with Crippen LogP contribution in [0.5, 0.6) is 5.75 Å². The third-order valence-corrected chi connectivity index (χ3v) is 6.36. The van der Waals surface area contributed by atoms with Gasteiger partial charge in [0.05, 0.1) is 16.9 Å². The van der Waals surface area contributed by atoms with Gasteiger partial charge in [0.15, 0.2) is 11.6 Å². The van der Waals surface area contributed by atoms with E-state index < -0.39 is 25.9 Å². The fourth-order valence-corrected chi connectivity index (χ4v) is 4.29. The number of methoxy groups -OCH3 is 1. The number of halogens is 1. The minimum atomic E-state index is -4.09. The van der Waals surface area contributed by atoms with Crippen LogP contribution < -0.4 is 14.2 Å². The summed E-state index contributed by atoms with van der Waals surface area (Å²) in [4.78, 5) is 7.12. The van der Waals surface area contributed by atoms with E-state index in [-0.39, 0.29) is 27.2 Å². The lowest BCUT2D eigenvalue weighted by atomic mass is 10.3. The van der Waals surface area contributed by atoms with E-state index in [1.54, 1.807) is 0 Å². The van der Waals surface area contributed by atoms with Crippen LogP contribution in [-0.4, -0.2) is 33.9 Å². The van der Waals surface area contributed by atoms with Crippen LogP contribution in [0.15, 0.2) is 70.7 Å². The van der Waals surface area contributed by atoms with Gasteiger partial charge in [-0.2, -0.15) is 0 Å². The second-order valence-corrected chi connectivity index (χ2v) is 8.97. The monoisotopic (exact) mass is 438 g/mol. The molecule has 29 heavy (non-hydrogen) atoms. The van der Waals surface area contributed by atoms with E-state index >= 15 is 0 Å². The number of ether oxygens (including phenoxy) is 1. The molecular weight excluding hydrogens is 423 g/mol. The second-order valence-electron chi connectivity index (χ2n) is 5.60. The van der Waals surface area contributed by atoms with Crippen molar-refractivity contribution in [2.75, 3.05) is 16.6 Å². The molecule has 152 valence electrons. The summed E-state index contributed by atoms with van der Waals surface area (Å²) in [6.07, 6.45) is 2.76. The number of hydrogen-bond acceptors (Lipinski definition) is 7. The van der Waals surface area contributed by atoms with Crippen LogP contribution in [0.1, 0.15) is 0 Å². The number of rotatable bonds is 7. The van der Waals surface area contributed by atoms with Gasteiger partial charge in [-0.25, -0.2) is 35.9 Å². The maximum atomic E-state index is 13.8. The van der Waals surface area contributed by atoms with Gasteiger partial charge in [0.1, 0.15) is 0 Å². The van der Waals surface area contributed by atoms with Gasteiger partial charge in [-0.1, -0.05) is 0 Å². The van der Waals surface area contributed by atoms with Crippen molar-refractivity contribution in [3.8, 4) is 5.75 Å². The van der Waals surface area contributed by atoms with E-state index in [0.717, 1.165) is 6.07 Å². The predicted octanol–water partition coefficient (Wildman–Crippen LogP) is 2.23. The zero-order valence-corrected chi connectivity index (χ0v) is 16.5. The quantitative estimate of drug-likeness (QED) is 0.579. The van der Waals surface area contributed by atoms with E-state index in [0.29, 0.717) is 0 Å². The molecule has 0 atom stereocenters. The zero-order chi connectivity index (χ0) is 21.1. The lowest BCUT2D eigenvalue weighted by Crippen LogP contribution is -2.15. The number of anilines is 2. The molecular formula is C17H15FN4O5S2. The molecule has 1 aromatic heterocycles. The molecule has 3 rings (SSSR count). The Morgan fingerprint density at radius 1 is 0.862 bits per heavy atom. The number of nitrogens with zero attached hydrogens (tertiary/aromatic N) is 2. The van der Waals surface area contributed by atoms with Gasteiger partial charge < -0.3 is 4.74 Å². The van der Waals surface area contributed by atoms with Crippen molar-refractivity contribution < 1.29 is 26.0 Å². The molecule has 9 nitrogen and oxygen atoms in total. The summed E-state index contributed by atoms with van der Waals surface area (Å²) < 4.78 is 72.5. The van der Waals surface area contributed by atoms with E-state index in [4.69, 9.17) is 4.74 Å². The van der Waals surface area contributed by atoms with Crippen molar-refractivity contribution in [3.63, 3.8) is 0 Å². The first-order valence-electron chi connectivity index (χ1n) is 7.97. The van der Waals surface area contributed by atoms with Gasteiger partial charge in [-0.05, 0) is 48.5 Å². The molecule has 0 saturated carbocycles. The molecule has 0 radical (unpaired) electrons. The molecule has 0 aliphatic rings. The van der Waals surface area contributed by atoms with Crippen molar-refractivity contribution in [2.45, 2.75) is 9.79 Å². The average molecular weight is 438 g/mol.